The summed E-state index contributed by atoms with van der Waals surface area (Å²) in [4.78, 5) is 12.2. The molecule has 0 atom stereocenters. The van der Waals surface area contributed by atoms with E-state index in [4.69, 9.17) is 16.2 Å². The number of hydrogen-bond donors (Lipinski definition) is 2. The van der Waals surface area contributed by atoms with E-state index in [1.54, 1.807) is 23.9 Å². The van der Waals surface area contributed by atoms with Gasteiger partial charge in [-0.25, -0.2) is 0 Å². The summed E-state index contributed by atoms with van der Waals surface area (Å²) in [6.45, 7) is 1.57. The van der Waals surface area contributed by atoms with Crippen LogP contribution < -0.4 is 11.5 Å². The number of ether oxygens (including phenoxy) is 1. The molecule has 1 aliphatic heterocycles. The first-order valence-corrected chi connectivity index (χ1v) is 6.48. The summed E-state index contributed by atoms with van der Waals surface area (Å²) in [6, 6.07) is 5.22. The van der Waals surface area contributed by atoms with E-state index in [1.807, 2.05) is 6.07 Å². The molecule has 1 heterocycles. The number of primary amides is 1. The van der Waals surface area contributed by atoms with Crippen LogP contribution in [0.1, 0.15) is 23.2 Å². The number of thioether (sulfide) groups is 1. The number of amides is 1. The number of rotatable bonds is 3. The molecule has 1 saturated heterocycles. The van der Waals surface area contributed by atoms with Crippen molar-refractivity contribution in [3.8, 4) is 0 Å². The molecular weight excluding hydrogens is 236 g/mol. The topological polar surface area (TPSA) is 78.3 Å². The molecule has 0 aromatic heterocycles. The summed E-state index contributed by atoms with van der Waals surface area (Å²) < 4.78 is 5.31. The number of benzene rings is 1. The van der Waals surface area contributed by atoms with E-state index < -0.39 is 5.91 Å². The summed E-state index contributed by atoms with van der Waals surface area (Å²) in [6.07, 6.45) is 2.00. The van der Waals surface area contributed by atoms with Crippen molar-refractivity contribution in [3.05, 3.63) is 23.8 Å². The molecule has 1 fully saturated rings. The van der Waals surface area contributed by atoms with Gasteiger partial charge in [0.2, 0.25) is 5.91 Å². The van der Waals surface area contributed by atoms with E-state index in [9.17, 15) is 4.79 Å². The highest BCUT2D eigenvalue weighted by Crippen LogP contribution is 2.33. The van der Waals surface area contributed by atoms with Gasteiger partial charge in [0.15, 0.2) is 0 Å². The third-order valence-corrected chi connectivity index (χ3v) is 4.13. The quantitative estimate of drug-likeness (QED) is 0.802. The van der Waals surface area contributed by atoms with Gasteiger partial charge in [0.25, 0.3) is 0 Å². The smallest absolute Gasteiger partial charge is 0.249 e. The lowest BCUT2D eigenvalue weighted by molar-refractivity contribution is 0.0996. The van der Waals surface area contributed by atoms with E-state index >= 15 is 0 Å². The van der Waals surface area contributed by atoms with Crippen LogP contribution in [0.4, 0.5) is 5.69 Å². The van der Waals surface area contributed by atoms with Crippen LogP contribution in [0.25, 0.3) is 0 Å². The number of nitrogens with two attached hydrogens (primary N) is 2. The standard InChI is InChI=1S/C12H16N2O2S/c13-8-1-2-10(12(14)15)11(7-8)17-9-3-5-16-6-4-9/h1-2,7,9H,3-6,13H2,(H2,14,15). The minimum atomic E-state index is -0.403. The molecular formula is C12H16N2O2S. The van der Waals surface area contributed by atoms with Crippen LogP contribution in [0.5, 0.6) is 0 Å². The molecule has 0 bridgehead atoms. The fourth-order valence-electron chi connectivity index (χ4n) is 1.81. The van der Waals surface area contributed by atoms with Gasteiger partial charge in [-0.15, -0.1) is 11.8 Å². The first-order chi connectivity index (χ1) is 8.16. The minimum absolute atomic E-state index is 0.403. The van der Waals surface area contributed by atoms with Gasteiger partial charge in [0.05, 0.1) is 5.56 Å². The van der Waals surface area contributed by atoms with E-state index in [0.29, 0.717) is 16.5 Å². The Hall–Kier alpha value is -1.20. The Bertz CT molecular complexity index is 417. The highest BCUT2D eigenvalue weighted by molar-refractivity contribution is 8.00. The van der Waals surface area contributed by atoms with Crippen molar-refractivity contribution in [1.29, 1.82) is 0 Å². The van der Waals surface area contributed by atoms with Crippen LogP contribution in [-0.4, -0.2) is 24.4 Å². The molecule has 0 spiro atoms. The fraction of sp³-hybridized carbons (Fsp3) is 0.417. The van der Waals surface area contributed by atoms with Crippen molar-refractivity contribution >= 4 is 23.4 Å². The van der Waals surface area contributed by atoms with Gasteiger partial charge < -0.3 is 16.2 Å². The van der Waals surface area contributed by atoms with Gasteiger partial charge in [0, 0.05) is 29.0 Å². The lowest BCUT2D eigenvalue weighted by atomic mass is 10.2. The molecule has 0 saturated carbocycles. The molecule has 1 aliphatic rings. The molecule has 17 heavy (non-hydrogen) atoms. The predicted octanol–water partition coefficient (Wildman–Crippen LogP) is 1.64. The molecule has 5 heteroatoms. The number of carbonyl (C=O) groups excluding carboxylic acids is 1. The van der Waals surface area contributed by atoms with E-state index in [-0.39, 0.29) is 0 Å². The van der Waals surface area contributed by atoms with Crippen molar-refractivity contribution in [2.75, 3.05) is 18.9 Å². The fourth-order valence-corrected chi connectivity index (χ4v) is 3.10. The minimum Gasteiger partial charge on any atom is -0.399 e. The largest absolute Gasteiger partial charge is 0.399 e. The molecule has 2 rings (SSSR count). The normalized spacial score (nSPS) is 16.9. The second-order valence-electron chi connectivity index (χ2n) is 4.05. The summed E-state index contributed by atoms with van der Waals surface area (Å²) >= 11 is 1.67. The number of anilines is 1. The van der Waals surface area contributed by atoms with Crippen LogP contribution in [0.15, 0.2) is 23.1 Å². The molecule has 0 aliphatic carbocycles. The van der Waals surface area contributed by atoms with Crippen molar-refractivity contribution in [3.63, 3.8) is 0 Å². The zero-order valence-electron chi connectivity index (χ0n) is 9.52. The van der Waals surface area contributed by atoms with Crippen molar-refractivity contribution in [1.82, 2.24) is 0 Å². The van der Waals surface area contributed by atoms with Crippen molar-refractivity contribution < 1.29 is 9.53 Å². The first kappa shape index (κ1) is 12.3. The maximum atomic E-state index is 11.3. The maximum absolute atomic E-state index is 11.3. The second kappa shape index (κ2) is 5.42. The zero-order valence-corrected chi connectivity index (χ0v) is 10.3. The number of nitrogen functional groups attached to an aromatic ring is 1. The average molecular weight is 252 g/mol. The highest BCUT2D eigenvalue weighted by atomic mass is 32.2. The SMILES string of the molecule is NC(=O)c1ccc(N)cc1SC1CCOCC1. The number of hydrogen-bond acceptors (Lipinski definition) is 4. The molecule has 0 unspecified atom stereocenters. The lowest BCUT2D eigenvalue weighted by Crippen LogP contribution is -2.18. The van der Waals surface area contributed by atoms with Crippen LogP contribution in [-0.2, 0) is 4.74 Å². The second-order valence-corrected chi connectivity index (χ2v) is 5.39. The molecule has 1 amide bonds. The Kier molecular flexibility index (Phi) is 3.91. The van der Waals surface area contributed by atoms with Crippen LogP contribution in [0.3, 0.4) is 0 Å². The van der Waals surface area contributed by atoms with Gasteiger partial charge in [-0.1, -0.05) is 0 Å². The Morgan fingerprint density at radius 3 is 2.71 bits per heavy atom. The van der Waals surface area contributed by atoms with Gasteiger partial charge >= 0.3 is 0 Å². The Balaban J connectivity index is 2.17. The Labute approximate surface area is 105 Å². The van der Waals surface area contributed by atoms with Crippen LogP contribution >= 0.6 is 11.8 Å². The van der Waals surface area contributed by atoms with Gasteiger partial charge in [-0.3, -0.25) is 4.79 Å². The van der Waals surface area contributed by atoms with Gasteiger partial charge in [-0.2, -0.15) is 0 Å². The summed E-state index contributed by atoms with van der Waals surface area (Å²) in [7, 11) is 0. The highest BCUT2D eigenvalue weighted by Gasteiger charge is 2.18. The Morgan fingerprint density at radius 1 is 1.35 bits per heavy atom. The third-order valence-electron chi connectivity index (χ3n) is 2.73. The lowest BCUT2D eigenvalue weighted by Gasteiger charge is -2.22. The summed E-state index contributed by atoms with van der Waals surface area (Å²) in [5.41, 5.74) is 12.3. The van der Waals surface area contributed by atoms with Gasteiger partial charge in [0.1, 0.15) is 0 Å². The zero-order chi connectivity index (χ0) is 12.3. The molecule has 1 aromatic rings. The van der Waals surface area contributed by atoms with E-state index in [2.05, 4.69) is 0 Å². The first-order valence-electron chi connectivity index (χ1n) is 5.60. The average Bonchev–Trinajstić information content (AvgIpc) is 2.30. The summed E-state index contributed by atoms with van der Waals surface area (Å²) in [5.74, 6) is -0.403. The molecule has 4 nitrogen and oxygen atoms in total. The van der Waals surface area contributed by atoms with E-state index in [1.165, 1.54) is 0 Å². The van der Waals surface area contributed by atoms with E-state index in [0.717, 1.165) is 31.0 Å². The van der Waals surface area contributed by atoms with Gasteiger partial charge in [-0.05, 0) is 31.0 Å². The third kappa shape index (κ3) is 3.14. The molecule has 0 radical (unpaired) electrons. The maximum Gasteiger partial charge on any atom is 0.249 e. The molecule has 92 valence electrons. The molecule has 4 N–H and O–H groups in total. The van der Waals surface area contributed by atoms with Crippen molar-refractivity contribution in [2.45, 2.75) is 23.0 Å². The Morgan fingerprint density at radius 2 is 2.06 bits per heavy atom. The van der Waals surface area contributed by atoms with Crippen molar-refractivity contribution in [2.24, 2.45) is 5.73 Å². The molecule has 1 aromatic carbocycles. The number of carbonyl (C=O) groups is 1. The summed E-state index contributed by atoms with van der Waals surface area (Å²) in [5, 5.41) is 0.476. The monoisotopic (exact) mass is 252 g/mol. The van der Waals surface area contributed by atoms with Crippen LogP contribution in [0.2, 0.25) is 0 Å². The predicted molar refractivity (Wildman–Crippen MR) is 69.1 cm³/mol. The van der Waals surface area contributed by atoms with Crippen LogP contribution in [0, 0.1) is 0 Å².